The minimum atomic E-state index is -0.515. The average molecular weight is 313 g/mol. The fourth-order valence-corrected chi connectivity index (χ4v) is 2.55. The standard InChI is InChI=1S/C16H31N3O3/c1-7-19(15(21)22-16(4,5)6)12-8-9-18(10-12)14(20)13(17)11(2)3/h11-13H,7-10,17H2,1-6H3/t12?,13-/m0/s1. The average Bonchev–Trinajstić information content (AvgIpc) is 2.85. The Kier molecular flexibility index (Phi) is 6.23. The largest absolute Gasteiger partial charge is 0.444 e. The highest BCUT2D eigenvalue weighted by Gasteiger charge is 2.35. The summed E-state index contributed by atoms with van der Waals surface area (Å²) in [6.07, 6.45) is 0.450. The predicted molar refractivity (Wildman–Crippen MR) is 86.4 cm³/mol. The van der Waals surface area contributed by atoms with E-state index >= 15 is 0 Å². The van der Waals surface area contributed by atoms with Gasteiger partial charge in [-0.1, -0.05) is 13.8 Å². The van der Waals surface area contributed by atoms with Crippen molar-refractivity contribution in [1.82, 2.24) is 9.80 Å². The van der Waals surface area contributed by atoms with Crippen LogP contribution < -0.4 is 5.73 Å². The van der Waals surface area contributed by atoms with Crippen molar-refractivity contribution in [2.45, 2.75) is 65.6 Å². The number of rotatable bonds is 4. The molecule has 6 nitrogen and oxygen atoms in total. The van der Waals surface area contributed by atoms with Gasteiger partial charge in [0.05, 0.1) is 12.1 Å². The second-order valence-electron chi connectivity index (χ2n) is 7.26. The molecule has 6 heteroatoms. The topological polar surface area (TPSA) is 75.9 Å². The number of nitrogens with two attached hydrogens (primary N) is 1. The second kappa shape index (κ2) is 7.31. The van der Waals surface area contributed by atoms with Crippen molar-refractivity contribution in [3.05, 3.63) is 0 Å². The molecule has 1 fully saturated rings. The van der Waals surface area contributed by atoms with Gasteiger partial charge in [-0.25, -0.2) is 4.79 Å². The smallest absolute Gasteiger partial charge is 0.410 e. The molecular formula is C16H31N3O3. The molecule has 2 N–H and O–H groups in total. The van der Waals surface area contributed by atoms with E-state index in [0.29, 0.717) is 19.6 Å². The lowest BCUT2D eigenvalue weighted by Gasteiger charge is -2.31. The van der Waals surface area contributed by atoms with E-state index < -0.39 is 11.6 Å². The van der Waals surface area contributed by atoms with E-state index in [4.69, 9.17) is 10.5 Å². The van der Waals surface area contributed by atoms with Crippen molar-refractivity contribution in [3.8, 4) is 0 Å². The van der Waals surface area contributed by atoms with Gasteiger partial charge in [-0.3, -0.25) is 4.79 Å². The Balaban J connectivity index is 2.67. The summed E-state index contributed by atoms with van der Waals surface area (Å²) >= 11 is 0. The minimum absolute atomic E-state index is 0.00293. The lowest BCUT2D eigenvalue weighted by atomic mass is 10.0. The van der Waals surface area contributed by atoms with Crippen LogP contribution in [-0.2, 0) is 9.53 Å². The van der Waals surface area contributed by atoms with Gasteiger partial charge >= 0.3 is 6.09 Å². The Morgan fingerprint density at radius 2 is 1.95 bits per heavy atom. The van der Waals surface area contributed by atoms with Crippen LogP contribution in [0.15, 0.2) is 0 Å². The fourth-order valence-electron chi connectivity index (χ4n) is 2.55. The van der Waals surface area contributed by atoms with Gasteiger partial charge in [0.25, 0.3) is 0 Å². The highest BCUT2D eigenvalue weighted by molar-refractivity contribution is 5.82. The summed E-state index contributed by atoms with van der Waals surface area (Å²) < 4.78 is 5.44. The third kappa shape index (κ3) is 4.87. The van der Waals surface area contributed by atoms with E-state index in [1.807, 2.05) is 41.5 Å². The van der Waals surface area contributed by atoms with Crippen LogP contribution in [0.4, 0.5) is 4.79 Å². The predicted octanol–water partition coefficient (Wildman–Crippen LogP) is 1.83. The number of likely N-dealkylation sites (N-methyl/N-ethyl adjacent to an activating group) is 1. The Morgan fingerprint density at radius 1 is 1.36 bits per heavy atom. The Labute approximate surface area is 134 Å². The molecule has 0 saturated carbocycles. The number of carbonyl (C=O) groups excluding carboxylic acids is 2. The summed E-state index contributed by atoms with van der Waals surface area (Å²) in [6.45, 7) is 13.1. The molecule has 1 aliphatic heterocycles. The first-order valence-corrected chi connectivity index (χ1v) is 8.10. The lowest BCUT2D eigenvalue weighted by molar-refractivity contribution is -0.132. The van der Waals surface area contributed by atoms with Crippen LogP contribution in [-0.4, -0.2) is 59.1 Å². The normalized spacial score (nSPS) is 20.2. The van der Waals surface area contributed by atoms with Crippen LogP contribution in [0.25, 0.3) is 0 Å². The molecule has 2 atom stereocenters. The zero-order valence-corrected chi connectivity index (χ0v) is 14.8. The van der Waals surface area contributed by atoms with Crippen LogP contribution in [0, 0.1) is 5.92 Å². The number of carbonyl (C=O) groups is 2. The molecule has 0 spiro atoms. The number of likely N-dealkylation sites (tertiary alicyclic amines) is 1. The highest BCUT2D eigenvalue weighted by Crippen LogP contribution is 2.20. The molecule has 2 amide bonds. The van der Waals surface area contributed by atoms with E-state index in [1.54, 1.807) is 9.80 Å². The zero-order valence-electron chi connectivity index (χ0n) is 14.8. The molecule has 0 aromatic carbocycles. The molecule has 1 unspecified atom stereocenters. The van der Waals surface area contributed by atoms with E-state index in [9.17, 15) is 9.59 Å². The van der Waals surface area contributed by atoms with Gasteiger partial charge < -0.3 is 20.3 Å². The van der Waals surface area contributed by atoms with Crippen LogP contribution in [0.3, 0.4) is 0 Å². The van der Waals surface area contributed by atoms with Gasteiger partial charge in [0.2, 0.25) is 5.91 Å². The maximum atomic E-state index is 12.3. The number of nitrogens with zero attached hydrogens (tertiary/aromatic N) is 2. The van der Waals surface area contributed by atoms with Crippen molar-refractivity contribution < 1.29 is 14.3 Å². The van der Waals surface area contributed by atoms with Gasteiger partial charge in [-0.05, 0) is 40.0 Å². The first-order valence-electron chi connectivity index (χ1n) is 8.10. The van der Waals surface area contributed by atoms with E-state index in [1.165, 1.54) is 0 Å². The molecule has 1 aliphatic rings. The summed E-state index contributed by atoms with van der Waals surface area (Å²) in [5.41, 5.74) is 5.43. The van der Waals surface area contributed by atoms with Crippen molar-refractivity contribution in [2.24, 2.45) is 11.7 Å². The molecule has 1 heterocycles. The number of hydrogen-bond donors (Lipinski definition) is 1. The van der Waals surface area contributed by atoms with Crippen molar-refractivity contribution in [2.75, 3.05) is 19.6 Å². The van der Waals surface area contributed by atoms with E-state index in [-0.39, 0.29) is 24.0 Å². The first-order chi connectivity index (χ1) is 10.1. The molecule has 1 saturated heterocycles. The van der Waals surface area contributed by atoms with Crippen molar-refractivity contribution in [1.29, 1.82) is 0 Å². The SMILES string of the molecule is CCN(C(=O)OC(C)(C)C)C1CCN(C(=O)[C@@H](N)C(C)C)C1. The molecule has 22 heavy (non-hydrogen) atoms. The molecule has 0 aromatic rings. The van der Waals surface area contributed by atoms with Gasteiger partial charge in [-0.2, -0.15) is 0 Å². The van der Waals surface area contributed by atoms with Crippen LogP contribution in [0.1, 0.15) is 48.0 Å². The highest BCUT2D eigenvalue weighted by atomic mass is 16.6. The Bertz CT molecular complexity index is 404. The molecular weight excluding hydrogens is 282 g/mol. The van der Waals surface area contributed by atoms with Crippen LogP contribution in [0.2, 0.25) is 0 Å². The summed E-state index contributed by atoms with van der Waals surface area (Å²) in [7, 11) is 0. The maximum absolute atomic E-state index is 12.3. The summed E-state index contributed by atoms with van der Waals surface area (Å²) in [4.78, 5) is 28.1. The third-order valence-electron chi connectivity index (χ3n) is 3.89. The maximum Gasteiger partial charge on any atom is 0.410 e. The van der Waals surface area contributed by atoms with Gasteiger partial charge in [-0.15, -0.1) is 0 Å². The van der Waals surface area contributed by atoms with Gasteiger partial charge in [0.15, 0.2) is 0 Å². The zero-order chi connectivity index (χ0) is 17.1. The molecule has 0 aromatic heterocycles. The van der Waals surface area contributed by atoms with Crippen molar-refractivity contribution in [3.63, 3.8) is 0 Å². The minimum Gasteiger partial charge on any atom is -0.444 e. The third-order valence-corrected chi connectivity index (χ3v) is 3.89. The number of amides is 2. The molecule has 128 valence electrons. The molecule has 0 radical (unpaired) electrons. The monoisotopic (exact) mass is 313 g/mol. The Hall–Kier alpha value is -1.30. The lowest BCUT2D eigenvalue weighted by Crippen LogP contribution is -2.48. The fraction of sp³-hybridized carbons (Fsp3) is 0.875. The van der Waals surface area contributed by atoms with E-state index in [2.05, 4.69) is 0 Å². The second-order valence-corrected chi connectivity index (χ2v) is 7.26. The quantitative estimate of drug-likeness (QED) is 0.859. The first kappa shape index (κ1) is 18.7. The van der Waals surface area contributed by atoms with Gasteiger partial charge in [0, 0.05) is 19.6 Å². The van der Waals surface area contributed by atoms with E-state index in [0.717, 1.165) is 6.42 Å². The summed E-state index contributed by atoms with van der Waals surface area (Å²) in [6, 6.07) is -0.474. The van der Waals surface area contributed by atoms with Gasteiger partial charge in [0.1, 0.15) is 5.60 Å². The van der Waals surface area contributed by atoms with Crippen LogP contribution in [0.5, 0.6) is 0 Å². The summed E-state index contributed by atoms with van der Waals surface area (Å²) in [5.74, 6) is 0.0809. The van der Waals surface area contributed by atoms with Crippen molar-refractivity contribution >= 4 is 12.0 Å². The van der Waals surface area contributed by atoms with Crippen LogP contribution >= 0.6 is 0 Å². The molecule has 0 bridgehead atoms. The Morgan fingerprint density at radius 3 is 2.41 bits per heavy atom. The number of hydrogen-bond acceptors (Lipinski definition) is 4. The molecule has 0 aliphatic carbocycles. The number of ether oxygens (including phenoxy) is 1. The summed E-state index contributed by atoms with van der Waals surface area (Å²) in [5, 5.41) is 0. The molecule has 1 rings (SSSR count).